The highest BCUT2D eigenvalue weighted by molar-refractivity contribution is 7.89. The highest BCUT2D eigenvalue weighted by Crippen LogP contribution is 2.38. The van der Waals surface area contributed by atoms with E-state index < -0.39 is 46.0 Å². The molecule has 2 unspecified atom stereocenters. The van der Waals surface area contributed by atoms with E-state index in [1.54, 1.807) is 6.92 Å². The van der Waals surface area contributed by atoms with Gasteiger partial charge in [0.2, 0.25) is 15.9 Å². The number of hydrogen-bond acceptors (Lipinski definition) is 5. The van der Waals surface area contributed by atoms with Gasteiger partial charge in [0.1, 0.15) is 0 Å². The summed E-state index contributed by atoms with van der Waals surface area (Å²) in [4.78, 5) is 24.4. The number of esters is 1. The van der Waals surface area contributed by atoms with E-state index in [0.717, 1.165) is 0 Å². The second kappa shape index (κ2) is 10.4. The maximum absolute atomic E-state index is 13.3. The van der Waals surface area contributed by atoms with Crippen molar-refractivity contribution in [1.82, 2.24) is 9.62 Å². The van der Waals surface area contributed by atoms with E-state index in [0.29, 0.717) is 19.3 Å². The number of sulfonamides is 1. The minimum atomic E-state index is -4.35. The van der Waals surface area contributed by atoms with Crippen LogP contribution in [0.1, 0.15) is 55.8 Å². The summed E-state index contributed by atoms with van der Waals surface area (Å²) in [5.41, 5.74) is 0.242. The number of hydrogen-bond donors (Lipinski definition) is 1. The Labute approximate surface area is 191 Å². The lowest BCUT2D eigenvalue weighted by Gasteiger charge is -2.36. The van der Waals surface area contributed by atoms with Gasteiger partial charge in [-0.15, -0.1) is 0 Å². The number of benzene rings is 1. The third-order valence-corrected chi connectivity index (χ3v) is 8.25. The molecule has 2 fully saturated rings. The first-order chi connectivity index (χ1) is 15.5. The second-order valence-electron chi connectivity index (χ2n) is 8.47. The number of ether oxygens (including phenoxy) is 1. The van der Waals surface area contributed by atoms with Crippen molar-refractivity contribution in [1.29, 1.82) is 0 Å². The van der Waals surface area contributed by atoms with Crippen LogP contribution in [0.4, 0.5) is 13.2 Å². The molecule has 2 atom stereocenters. The van der Waals surface area contributed by atoms with Gasteiger partial charge in [-0.25, -0.2) is 13.2 Å². The van der Waals surface area contributed by atoms with Gasteiger partial charge < -0.3 is 10.1 Å². The van der Waals surface area contributed by atoms with E-state index in [1.807, 2.05) is 0 Å². The highest BCUT2D eigenvalue weighted by Gasteiger charge is 2.46. The number of carbonyl (C=O) groups is 2. The van der Waals surface area contributed by atoms with E-state index >= 15 is 0 Å². The molecule has 33 heavy (non-hydrogen) atoms. The van der Waals surface area contributed by atoms with Gasteiger partial charge in [0.15, 0.2) is 0 Å². The zero-order valence-corrected chi connectivity index (χ0v) is 19.3. The van der Waals surface area contributed by atoms with Gasteiger partial charge in [0.25, 0.3) is 0 Å². The molecule has 1 aliphatic carbocycles. The predicted molar refractivity (Wildman–Crippen MR) is 114 cm³/mol. The predicted octanol–water partition coefficient (Wildman–Crippen LogP) is 3.50. The Kier molecular flexibility index (Phi) is 8.04. The molecule has 1 aromatic carbocycles. The van der Waals surface area contributed by atoms with Crippen molar-refractivity contribution >= 4 is 21.9 Å². The largest absolute Gasteiger partial charge is 0.462 e. The van der Waals surface area contributed by atoms with Crippen LogP contribution in [0.5, 0.6) is 0 Å². The van der Waals surface area contributed by atoms with Gasteiger partial charge in [-0.1, -0.05) is 12.8 Å². The van der Waals surface area contributed by atoms with E-state index in [4.69, 9.17) is 4.74 Å². The Morgan fingerprint density at radius 1 is 1.06 bits per heavy atom. The normalized spacial score (nSPS) is 23.2. The fourth-order valence-corrected chi connectivity index (χ4v) is 5.95. The van der Waals surface area contributed by atoms with Crippen LogP contribution in [0.2, 0.25) is 0 Å². The van der Waals surface area contributed by atoms with Crippen LogP contribution in [0.25, 0.3) is 0 Å². The standard InChI is InChI=1S/C22H29F3N2O5S/c1-2-32-21(29)16-7-9-17(10-8-16)33(30,31)27-13-11-15(12-14-27)20(28)26-19-6-4-3-5-18(19)22(23,24)25/h7-10,15,18-19H,2-6,11-14H2,1H3,(H,26,28). The molecule has 0 spiro atoms. The smallest absolute Gasteiger partial charge is 0.393 e. The highest BCUT2D eigenvalue weighted by atomic mass is 32.2. The molecule has 0 aromatic heterocycles. The van der Waals surface area contributed by atoms with E-state index in [2.05, 4.69) is 5.32 Å². The topological polar surface area (TPSA) is 92.8 Å². The third kappa shape index (κ3) is 6.06. The Balaban J connectivity index is 1.58. The zero-order valence-electron chi connectivity index (χ0n) is 18.4. The van der Waals surface area contributed by atoms with Gasteiger partial charge >= 0.3 is 12.1 Å². The van der Waals surface area contributed by atoms with Crippen molar-refractivity contribution in [2.45, 2.75) is 62.6 Å². The minimum Gasteiger partial charge on any atom is -0.462 e. The molecule has 7 nitrogen and oxygen atoms in total. The number of piperidine rings is 1. The maximum atomic E-state index is 13.3. The van der Waals surface area contributed by atoms with Crippen molar-refractivity contribution < 1.29 is 35.9 Å². The Morgan fingerprint density at radius 3 is 2.24 bits per heavy atom. The molecule has 1 saturated heterocycles. The number of alkyl halides is 3. The van der Waals surface area contributed by atoms with Crippen LogP contribution in [0.15, 0.2) is 29.2 Å². The molecule has 1 saturated carbocycles. The molecular weight excluding hydrogens is 461 g/mol. The van der Waals surface area contributed by atoms with Crippen LogP contribution in [-0.4, -0.2) is 56.5 Å². The quantitative estimate of drug-likeness (QED) is 0.617. The summed E-state index contributed by atoms with van der Waals surface area (Å²) in [6.07, 6.45) is -2.44. The van der Waals surface area contributed by atoms with Crippen molar-refractivity contribution in [3.63, 3.8) is 0 Å². The first kappa shape index (κ1) is 25.5. The number of carbonyl (C=O) groups excluding carboxylic acids is 2. The van der Waals surface area contributed by atoms with E-state index in [-0.39, 0.29) is 49.4 Å². The molecule has 0 bridgehead atoms. The van der Waals surface area contributed by atoms with Crippen molar-refractivity contribution in [3.05, 3.63) is 29.8 Å². The SMILES string of the molecule is CCOC(=O)c1ccc(S(=O)(=O)N2CCC(C(=O)NC3CCCCC3C(F)(F)F)CC2)cc1. The lowest BCUT2D eigenvalue weighted by Crippen LogP contribution is -2.51. The molecule has 184 valence electrons. The van der Waals surface area contributed by atoms with E-state index in [1.165, 1.54) is 28.6 Å². The van der Waals surface area contributed by atoms with Crippen molar-refractivity contribution in [2.75, 3.05) is 19.7 Å². The lowest BCUT2D eigenvalue weighted by molar-refractivity contribution is -0.189. The Morgan fingerprint density at radius 2 is 1.67 bits per heavy atom. The fourth-order valence-electron chi connectivity index (χ4n) is 4.48. The van der Waals surface area contributed by atoms with Gasteiger partial charge in [0.05, 0.1) is 23.0 Å². The number of rotatable bonds is 6. The fraction of sp³-hybridized carbons (Fsp3) is 0.636. The van der Waals surface area contributed by atoms with Crippen molar-refractivity contribution in [2.24, 2.45) is 11.8 Å². The molecule has 3 rings (SSSR count). The zero-order chi connectivity index (χ0) is 24.2. The van der Waals surface area contributed by atoms with Crippen LogP contribution >= 0.6 is 0 Å². The van der Waals surface area contributed by atoms with Crippen LogP contribution in [-0.2, 0) is 19.6 Å². The van der Waals surface area contributed by atoms with Crippen molar-refractivity contribution in [3.8, 4) is 0 Å². The molecule has 0 radical (unpaired) electrons. The molecule has 11 heteroatoms. The molecule has 1 heterocycles. The molecule has 1 aromatic rings. The molecule has 1 N–H and O–H groups in total. The van der Waals surface area contributed by atoms with Gasteiger partial charge in [-0.05, 0) is 56.9 Å². The average molecular weight is 491 g/mol. The third-order valence-electron chi connectivity index (χ3n) is 6.34. The van der Waals surface area contributed by atoms with Crippen LogP contribution in [0.3, 0.4) is 0 Å². The van der Waals surface area contributed by atoms with Gasteiger partial charge in [-0.2, -0.15) is 17.5 Å². The average Bonchev–Trinajstić information content (AvgIpc) is 2.79. The Bertz CT molecular complexity index is 942. The first-order valence-electron chi connectivity index (χ1n) is 11.2. The van der Waals surface area contributed by atoms with Gasteiger partial charge in [-0.3, -0.25) is 4.79 Å². The van der Waals surface area contributed by atoms with E-state index in [9.17, 15) is 31.2 Å². The first-order valence-corrected chi connectivity index (χ1v) is 12.6. The summed E-state index contributed by atoms with van der Waals surface area (Å²) in [6.45, 7) is 2.06. The number of nitrogens with one attached hydrogen (secondary N) is 1. The van der Waals surface area contributed by atoms with Gasteiger partial charge in [0, 0.05) is 25.0 Å². The lowest BCUT2D eigenvalue weighted by atomic mass is 9.83. The summed E-state index contributed by atoms with van der Waals surface area (Å²) in [5.74, 6) is -3.04. The minimum absolute atomic E-state index is 0.0140. The number of halogens is 3. The summed E-state index contributed by atoms with van der Waals surface area (Å²) in [5, 5.41) is 2.59. The number of nitrogens with zero attached hydrogens (tertiary/aromatic N) is 1. The molecular formula is C22H29F3N2O5S. The summed E-state index contributed by atoms with van der Waals surface area (Å²) in [7, 11) is -3.82. The van der Waals surface area contributed by atoms with Crippen LogP contribution in [0, 0.1) is 11.8 Å². The monoisotopic (exact) mass is 490 g/mol. The van der Waals surface area contributed by atoms with Crippen LogP contribution < -0.4 is 5.32 Å². The summed E-state index contributed by atoms with van der Waals surface area (Å²) < 4.78 is 71.8. The molecule has 1 amide bonds. The number of amides is 1. The maximum Gasteiger partial charge on any atom is 0.393 e. The molecule has 1 aliphatic heterocycles. The summed E-state index contributed by atoms with van der Waals surface area (Å²) in [6, 6.07) is 4.51. The molecule has 2 aliphatic rings. The second-order valence-corrected chi connectivity index (χ2v) is 10.4. The summed E-state index contributed by atoms with van der Waals surface area (Å²) >= 11 is 0. The Hall–Kier alpha value is -2.14.